The lowest BCUT2D eigenvalue weighted by Gasteiger charge is -2.28. The zero-order valence-corrected chi connectivity index (χ0v) is 10.0. The molecule has 3 atom stereocenters. The molecule has 0 spiro atoms. The van der Waals surface area contributed by atoms with Gasteiger partial charge in [-0.1, -0.05) is 12.8 Å². The number of hydrogen-bond acceptors (Lipinski definition) is 3. The summed E-state index contributed by atoms with van der Waals surface area (Å²) in [6.45, 7) is 1.33. The molecule has 4 heteroatoms. The van der Waals surface area contributed by atoms with Crippen molar-refractivity contribution < 1.29 is 8.95 Å². The maximum Gasteiger partial charge on any atom is 0.0733 e. The number of rotatable bonds is 3. The number of nitrogens with two attached hydrogens (primary N) is 1. The number of hydrogen-bond donors (Lipinski definition) is 1. The highest BCUT2D eigenvalue weighted by atomic mass is 32.2. The van der Waals surface area contributed by atoms with Crippen molar-refractivity contribution in [3.63, 3.8) is 0 Å². The van der Waals surface area contributed by atoms with Crippen molar-refractivity contribution in [2.75, 3.05) is 19.0 Å². The molecule has 0 amide bonds. The Labute approximate surface area is 94.2 Å². The summed E-state index contributed by atoms with van der Waals surface area (Å²) in [6, 6.07) is 0.0842. The largest absolute Gasteiger partial charge is 0.380 e. The Bertz CT molecular complexity index is 229. The molecule has 1 saturated heterocycles. The second-order valence-corrected chi connectivity index (χ2v) is 6.46. The fourth-order valence-electron chi connectivity index (χ4n) is 2.53. The molecule has 1 aliphatic heterocycles. The zero-order valence-electron chi connectivity index (χ0n) is 9.19. The van der Waals surface area contributed by atoms with E-state index in [4.69, 9.17) is 10.5 Å². The van der Waals surface area contributed by atoms with E-state index in [-0.39, 0.29) is 11.3 Å². The third kappa shape index (κ3) is 3.02. The third-order valence-electron chi connectivity index (χ3n) is 3.57. The second kappa shape index (κ2) is 5.41. The molecule has 1 saturated carbocycles. The molecule has 1 heterocycles. The molecule has 15 heavy (non-hydrogen) atoms. The van der Waals surface area contributed by atoms with E-state index in [0.717, 1.165) is 18.8 Å². The molecule has 88 valence electrons. The predicted octanol–water partition coefficient (Wildman–Crippen LogP) is 1.04. The van der Waals surface area contributed by atoms with Crippen molar-refractivity contribution in [1.82, 2.24) is 0 Å². The molecule has 1 aliphatic carbocycles. The average molecular weight is 231 g/mol. The molecule has 2 N–H and O–H groups in total. The summed E-state index contributed by atoms with van der Waals surface area (Å²) in [6.07, 6.45) is 6.01. The summed E-state index contributed by atoms with van der Waals surface area (Å²) in [5.74, 6) is 1.53. The molecular weight excluding hydrogens is 210 g/mol. The molecule has 0 aromatic rings. The van der Waals surface area contributed by atoms with E-state index < -0.39 is 10.8 Å². The second-order valence-electron chi connectivity index (χ2n) is 4.76. The zero-order chi connectivity index (χ0) is 10.7. The van der Waals surface area contributed by atoms with E-state index in [1.54, 1.807) is 0 Å². The molecule has 3 nitrogen and oxygen atoms in total. The SMILES string of the molecule is NC1CCOCC1S(=O)CC1CCCC1. The van der Waals surface area contributed by atoms with E-state index in [1.165, 1.54) is 25.7 Å². The minimum absolute atomic E-state index is 0.0827. The molecule has 0 radical (unpaired) electrons. The van der Waals surface area contributed by atoms with Crippen LogP contribution in [0.4, 0.5) is 0 Å². The van der Waals surface area contributed by atoms with Crippen LogP contribution in [0.2, 0.25) is 0 Å². The summed E-state index contributed by atoms with van der Waals surface area (Å²) in [5.41, 5.74) is 5.98. The van der Waals surface area contributed by atoms with E-state index >= 15 is 0 Å². The Kier molecular flexibility index (Phi) is 4.17. The maximum absolute atomic E-state index is 12.1. The van der Waals surface area contributed by atoms with Crippen molar-refractivity contribution >= 4 is 10.8 Å². The van der Waals surface area contributed by atoms with E-state index in [9.17, 15) is 4.21 Å². The average Bonchev–Trinajstić information content (AvgIpc) is 2.71. The smallest absolute Gasteiger partial charge is 0.0733 e. The monoisotopic (exact) mass is 231 g/mol. The van der Waals surface area contributed by atoms with Crippen molar-refractivity contribution in [3.8, 4) is 0 Å². The molecule has 2 aliphatic rings. The first-order valence-corrected chi connectivity index (χ1v) is 7.36. The minimum Gasteiger partial charge on any atom is -0.380 e. The van der Waals surface area contributed by atoms with Crippen molar-refractivity contribution in [1.29, 1.82) is 0 Å². The van der Waals surface area contributed by atoms with Crippen LogP contribution in [-0.4, -0.2) is 34.5 Å². The first-order valence-electron chi connectivity index (χ1n) is 5.98. The lowest BCUT2D eigenvalue weighted by atomic mass is 10.1. The van der Waals surface area contributed by atoms with Crippen molar-refractivity contribution in [3.05, 3.63) is 0 Å². The van der Waals surface area contributed by atoms with Crippen LogP contribution in [-0.2, 0) is 15.5 Å². The molecule has 0 aromatic heterocycles. The highest BCUT2D eigenvalue weighted by molar-refractivity contribution is 7.85. The van der Waals surface area contributed by atoms with Crippen LogP contribution in [0.25, 0.3) is 0 Å². The maximum atomic E-state index is 12.1. The van der Waals surface area contributed by atoms with Crippen LogP contribution < -0.4 is 5.73 Å². The lowest BCUT2D eigenvalue weighted by Crippen LogP contribution is -2.46. The highest BCUT2D eigenvalue weighted by Gasteiger charge is 2.29. The summed E-state index contributed by atoms with van der Waals surface area (Å²) >= 11 is 0. The van der Waals surface area contributed by atoms with Crippen LogP contribution in [0.5, 0.6) is 0 Å². The van der Waals surface area contributed by atoms with Crippen LogP contribution in [0.1, 0.15) is 32.1 Å². The minimum atomic E-state index is -0.776. The quantitative estimate of drug-likeness (QED) is 0.789. The van der Waals surface area contributed by atoms with Crippen molar-refractivity contribution in [2.24, 2.45) is 11.7 Å². The van der Waals surface area contributed by atoms with Crippen LogP contribution in [0.3, 0.4) is 0 Å². The predicted molar refractivity (Wildman–Crippen MR) is 62.2 cm³/mol. The summed E-state index contributed by atoms with van der Waals surface area (Å²) in [5, 5.41) is 0.0827. The molecular formula is C11H21NO2S. The fraction of sp³-hybridized carbons (Fsp3) is 1.00. The van der Waals surface area contributed by atoms with E-state index in [2.05, 4.69) is 0 Å². The molecule has 3 unspecified atom stereocenters. The topological polar surface area (TPSA) is 52.3 Å². The first-order chi connectivity index (χ1) is 7.27. The van der Waals surface area contributed by atoms with Gasteiger partial charge in [-0.2, -0.15) is 0 Å². The van der Waals surface area contributed by atoms with Gasteiger partial charge in [0.25, 0.3) is 0 Å². The Morgan fingerprint density at radius 1 is 1.27 bits per heavy atom. The lowest BCUT2D eigenvalue weighted by molar-refractivity contribution is 0.0903. The molecule has 2 rings (SSSR count). The van der Waals surface area contributed by atoms with Gasteiger partial charge in [0.2, 0.25) is 0 Å². The van der Waals surface area contributed by atoms with Gasteiger partial charge in [0.15, 0.2) is 0 Å². The van der Waals surface area contributed by atoms with Gasteiger partial charge < -0.3 is 10.5 Å². The van der Waals surface area contributed by atoms with Gasteiger partial charge in [-0.3, -0.25) is 4.21 Å². The van der Waals surface area contributed by atoms with Gasteiger partial charge in [-0.15, -0.1) is 0 Å². The standard InChI is InChI=1S/C11H21NO2S/c12-10-5-6-14-7-11(10)15(13)8-9-3-1-2-4-9/h9-11H,1-8,12H2. The summed E-state index contributed by atoms with van der Waals surface area (Å²) < 4.78 is 17.5. The van der Waals surface area contributed by atoms with Gasteiger partial charge in [-0.25, -0.2) is 0 Å². The van der Waals surface area contributed by atoms with Crippen LogP contribution in [0.15, 0.2) is 0 Å². The number of ether oxygens (including phenoxy) is 1. The van der Waals surface area contributed by atoms with Crippen molar-refractivity contribution in [2.45, 2.75) is 43.4 Å². The Morgan fingerprint density at radius 2 is 2.00 bits per heavy atom. The normalized spacial score (nSPS) is 35.5. The summed E-state index contributed by atoms with van der Waals surface area (Å²) in [4.78, 5) is 0. The van der Waals surface area contributed by atoms with Crippen LogP contribution >= 0.6 is 0 Å². The van der Waals surface area contributed by atoms with E-state index in [1.807, 2.05) is 0 Å². The first kappa shape index (κ1) is 11.6. The van der Waals surface area contributed by atoms with Gasteiger partial charge in [-0.05, 0) is 25.2 Å². The third-order valence-corrected chi connectivity index (χ3v) is 5.53. The molecule has 0 bridgehead atoms. The fourth-order valence-corrected chi connectivity index (χ4v) is 4.35. The Balaban J connectivity index is 1.83. The van der Waals surface area contributed by atoms with Gasteiger partial charge in [0.05, 0.1) is 11.9 Å². The highest BCUT2D eigenvalue weighted by Crippen LogP contribution is 2.26. The van der Waals surface area contributed by atoms with Gasteiger partial charge in [0.1, 0.15) is 0 Å². The molecule has 0 aromatic carbocycles. The van der Waals surface area contributed by atoms with E-state index in [0.29, 0.717) is 12.5 Å². The summed E-state index contributed by atoms with van der Waals surface area (Å²) in [7, 11) is -0.776. The Morgan fingerprint density at radius 3 is 2.67 bits per heavy atom. The van der Waals surface area contributed by atoms with Gasteiger partial charge in [0, 0.05) is 29.2 Å². The van der Waals surface area contributed by atoms with Gasteiger partial charge >= 0.3 is 0 Å². The Hall–Kier alpha value is 0.0700. The molecule has 2 fully saturated rings. The van der Waals surface area contributed by atoms with Crippen LogP contribution in [0, 0.1) is 5.92 Å².